The molecule has 56 valence electrons. The molecule has 1 aliphatic rings. The van der Waals surface area contributed by atoms with E-state index in [1.54, 1.807) is 0 Å². The molecule has 0 radical (unpaired) electrons. The average molecular weight is 215 g/mol. The van der Waals surface area contributed by atoms with E-state index >= 15 is 0 Å². The Balaban J connectivity index is 0.000000640. The predicted molar refractivity (Wildman–Crippen MR) is 46.7 cm³/mol. The van der Waals surface area contributed by atoms with Crippen molar-refractivity contribution in [3.05, 3.63) is 0 Å². The fourth-order valence-electron chi connectivity index (χ4n) is 1.17. The molecule has 1 aliphatic heterocycles. The molecule has 0 spiro atoms. The van der Waals surface area contributed by atoms with Gasteiger partial charge in [-0.15, -0.1) is 12.4 Å². The summed E-state index contributed by atoms with van der Waals surface area (Å²) in [5, 5.41) is 1.14. The summed E-state index contributed by atoms with van der Waals surface area (Å²) in [6, 6.07) is 0.815. The van der Waals surface area contributed by atoms with Gasteiger partial charge in [-0.2, -0.15) is 0 Å². The third kappa shape index (κ3) is 2.44. The van der Waals surface area contributed by atoms with Crippen molar-refractivity contribution in [2.45, 2.75) is 18.9 Å². The molecule has 1 heterocycles. The number of hydrogen-bond acceptors (Lipinski definition) is 1. The van der Waals surface area contributed by atoms with Crippen molar-refractivity contribution in [1.29, 1.82) is 0 Å². The van der Waals surface area contributed by atoms with Crippen LogP contribution in [0.15, 0.2) is 0 Å². The van der Waals surface area contributed by atoms with Crippen LogP contribution >= 0.6 is 28.3 Å². The van der Waals surface area contributed by atoms with Crippen LogP contribution in [0.2, 0.25) is 0 Å². The summed E-state index contributed by atoms with van der Waals surface area (Å²) in [7, 11) is 2.19. The molecule has 0 aromatic heterocycles. The van der Waals surface area contributed by atoms with Gasteiger partial charge in [0.1, 0.15) is 0 Å². The molecule has 0 aliphatic carbocycles. The number of hydrogen-bond donors (Lipinski definition) is 0. The molecule has 1 unspecified atom stereocenters. The molecule has 1 fully saturated rings. The molecule has 0 N–H and O–H groups in total. The van der Waals surface area contributed by atoms with Gasteiger partial charge in [-0.05, 0) is 26.4 Å². The minimum absolute atomic E-state index is 0. The van der Waals surface area contributed by atoms with Gasteiger partial charge in [-0.25, -0.2) is 0 Å². The third-order valence-corrected chi connectivity index (χ3v) is 2.60. The summed E-state index contributed by atoms with van der Waals surface area (Å²) in [6.45, 7) is 1.29. The van der Waals surface area contributed by atoms with Crippen LogP contribution in [-0.4, -0.2) is 29.9 Å². The van der Waals surface area contributed by atoms with E-state index in [1.807, 2.05) is 0 Å². The van der Waals surface area contributed by atoms with Crippen LogP contribution in [0.4, 0.5) is 0 Å². The highest BCUT2D eigenvalue weighted by Gasteiger charge is 2.18. The van der Waals surface area contributed by atoms with Crippen LogP contribution in [0.25, 0.3) is 0 Å². The second-order valence-corrected chi connectivity index (χ2v) is 3.08. The predicted octanol–water partition coefficient (Wildman–Crippen LogP) is 1.90. The van der Waals surface area contributed by atoms with Crippen LogP contribution in [-0.2, 0) is 0 Å². The van der Waals surface area contributed by atoms with Crippen molar-refractivity contribution in [2.75, 3.05) is 18.9 Å². The van der Waals surface area contributed by atoms with Crippen LogP contribution in [0, 0.1) is 0 Å². The minimum Gasteiger partial charge on any atom is -0.303 e. The summed E-state index contributed by atoms with van der Waals surface area (Å²) in [5.41, 5.74) is 0. The molecule has 0 saturated carbocycles. The standard InChI is InChI=1S/C6H12BrN.ClH/c1-8-4-2-3-6(8)5-7;/h6H,2-5H2,1H3;1H. The largest absolute Gasteiger partial charge is 0.303 e. The van der Waals surface area contributed by atoms with Gasteiger partial charge in [-0.1, -0.05) is 15.9 Å². The molecule has 0 bridgehead atoms. The summed E-state index contributed by atoms with van der Waals surface area (Å²) in [6.07, 6.45) is 2.76. The van der Waals surface area contributed by atoms with E-state index in [1.165, 1.54) is 19.4 Å². The van der Waals surface area contributed by atoms with E-state index in [4.69, 9.17) is 0 Å². The van der Waals surface area contributed by atoms with Crippen molar-refractivity contribution in [3.63, 3.8) is 0 Å². The monoisotopic (exact) mass is 213 g/mol. The Morgan fingerprint density at radius 2 is 2.33 bits per heavy atom. The van der Waals surface area contributed by atoms with Gasteiger partial charge < -0.3 is 4.90 Å². The Labute approximate surface area is 71.3 Å². The first kappa shape index (κ1) is 9.73. The Bertz CT molecular complexity index is 79.5. The lowest BCUT2D eigenvalue weighted by molar-refractivity contribution is 0.336. The summed E-state index contributed by atoms with van der Waals surface area (Å²) in [5.74, 6) is 0. The van der Waals surface area contributed by atoms with Crippen LogP contribution in [0.1, 0.15) is 12.8 Å². The lowest BCUT2D eigenvalue weighted by Crippen LogP contribution is -2.25. The van der Waals surface area contributed by atoms with Gasteiger partial charge in [0.25, 0.3) is 0 Å². The lowest BCUT2D eigenvalue weighted by Gasteiger charge is -2.15. The highest BCUT2D eigenvalue weighted by atomic mass is 79.9. The highest BCUT2D eigenvalue weighted by molar-refractivity contribution is 9.09. The highest BCUT2D eigenvalue weighted by Crippen LogP contribution is 2.15. The maximum atomic E-state index is 3.47. The first-order valence-electron chi connectivity index (χ1n) is 3.11. The fraction of sp³-hybridized carbons (Fsp3) is 1.00. The second kappa shape index (κ2) is 4.53. The molecule has 0 aromatic carbocycles. The smallest absolute Gasteiger partial charge is 0.0190 e. The molecule has 1 atom stereocenters. The Kier molecular flexibility index (Phi) is 4.90. The van der Waals surface area contributed by atoms with E-state index in [9.17, 15) is 0 Å². The summed E-state index contributed by atoms with van der Waals surface area (Å²) >= 11 is 3.47. The Hall–Kier alpha value is 0.730. The van der Waals surface area contributed by atoms with Crippen molar-refractivity contribution < 1.29 is 0 Å². The van der Waals surface area contributed by atoms with Gasteiger partial charge in [0.2, 0.25) is 0 Å². The molecule has 1 saturated heterocycles. The zero-order valence-electron chi connectivity index (χ0n) is 5.64. The molecule has 3 heteroatoms. The van der Waals surface area contributed by atoms with Gasteiger partial charge in [0.15, 0.2) is 0 Å². The minimum atomic E-state index is 0. The zero-order chi connectivity index (χ0) is 5.98. The second-order valence-electron chi connectivity index (χ2n) is 2.43. The number of likely N-dealkylation sites (tertiary alicyclic amines) is 1. The third-order valence-electron chi connectivity index (χ3n) is 1.85. The fourth-order valence-corrected chi connectivity index (χ4v) is 1.99. The van der Waals surface area contributed by atoms with E-state index in [0.717, 1.165) is 11.4 Å². The Morgan fingerprint density at radius 1 is 1.67 bits per heavy atom. The Morgan fingerprint density at radius 3 is 2.56 bits per heavy atom. The van der Waals surface area contributed by atoms with Crippen molar-refractivity contribution in [3.8, 4) is 0 Å². The average Bonchev–Trinajstić information content (AvgIpc) is 2.14. The molecule has 0 aromatic rings. The lowest BCUT2D eigenvalue weighted by atomic mass is 10.2. The van der Waals surface area contributed by atoms with Gasteiger partial charge >= 0.3 is 0 Å². The summed E-state index contributed by atoms with van der Waals surface area (Å²) < 4.78 is 0. The zero-order valence-corrected chi connectivity index (χ0v) is 8.04. The molecule has 0 amide bonds. The van der Waals surface area contributed by atoms with Gasteiger partial charge in [0.05, 0.1) is 0 Å². The number of alkyl halides is 1. The normalized spacial score (nSPS) is 28.0. The molecular weight excluding hydrogens is 201 g/mol. The molecule has 1 rings (SSSR count). The van der Waals surface area contributed by atoms with Crippen LogP contribution < -0.4 is 0 Å². The van der Waals surface area contributed by atoms with Crippen LogP contribution in [0.5, 0.6) is 0 Å². The number of rotatable bonds is 1. The van der Waals surface area contributed by atoms with E-state index < -0.39 is 0 Å². The van der Waals surface area contributed by atoms with Gasteiger partial charge in [0, 0.05) is 11.4 Å². The van der Waals surface area contributed by atoms with Crippen molar-refractivity contribution in [1.82, 2.24) is 4.90 Å². The maximum absolute atomic E-state index is 3.47. The SMILES string of the molecule is CN1CCCC1CBr.Cl. The van der Waals surface area contributed by atoms with E-state index in [-0.39, 0.29) is 12.4 Å². The summed E-state index contributed by atoms with van der Waals surface area (Å²) in [4.78, 5) is 2.41. The number of halogens is 2. The van der Waals surface area contributed by atoms with Crippen molar-refractivity contribution >= 4 is 28.3 Å². The van der Waals surface area contributed by atoms with E-state index in [0.29, 0.717) is 0 Å². The van der Waals surface area contributed by atoms with Crippen LogP contribution in [0.3, 0.4) is 0 Å². The molecular formula is C6H13BrClN. The first-order valence-corrected chi connectivity index (χ1v) is 4.23. The first-order chi connectivity index (χ1) is 3.84. The van der Waals surface area contributed by atoms with Gasteiger partial charge in [-0.3, -0.25) is 0 Å². The number of nitrogens with zero attached hydrogens (tertiary/aromatic N) is 1. The van der Waals surface area contributed by atoms with E-state index in [2.05, 4.69) is 27.9 Å². The molecule has 9 heavy (non-hydrogen) atoms. The maximum Gasteiger partial charge on any atom is 0.0190 e. The molecule has 1 nitrogen and oxygen atoms in total. The quantitative estimate of drug-likeness (QED) is 0.603. The van der Waals surface area contributed by atoms with Crippen molar-refractivity contribution in [2.24, 2.45) is 0 Å². The topological polar surface area (TPSA) is 3.24 Å².